The lowest BCUT2D eigenvalue weighted by molar-refractivity contribution is -0.140. The second-order valence-electron chi connectivity index (χ2n) is 3.09. The van der Waals surface area contributed by atoms with E-state index in [2.05, 4.69) is 10.3 Å². The smallest absolute Gasteiger partial charge is 0.323 e. The number of aliphatic carboxylic acids is 1. The molecule has 2 amide bonds. The van der Waals surface area contributed by atoms with E-state index < -0.39 is 18.4 Å². The topological polar surface area (TPSA) is 125 Å². The van der Waals surface area contributed by atoms with Crippen LogP contribution in [0.4, 0.5) is 0 Å². The van der Waals surface area contributed by atoms with Crippen LogP contribution >= 0.6 is 0 Å². The van der Waals surface area contributed by atoms with E-state index in [0.29, 0.717) is 0 Å². The molecular formula is C8H12N4O4. The predicted molar refractivity (Wildman–Crippen MR) is 53.7 cm³/mol. The van der Waals surface area contributed by atoms with E-state index in [9.17, 15) is 14.4 Å². The van der Waals surface area contributed by atoms with Crippen molar-refractivity contribution in [1.82, 2.24) is 10.2 Å². The number of nitrogens with two attached hydrogens (primary N) is 1. The van der Waals surface area contributed by atoms with Gasteiger partial charge in [0.15, 0.2) is 0 Å². The molecular weight excluding hydrogens is 216 g/mol. The number of hydrogen-bond donors (Lipinski definition) is 3. The molecule has 0 saturated carbocycles. The molecule has 4 N–H and O–H groups in total. The molecule has 8 heteroatoms. The van der Waals surface area contributed by atoms with Crippen LogP contribution in [0.25, 0.3) is 0 Å². The second-order valence-corrected chi connectivity index (χ2v) is 3.09. The molecule has 1 aliphatic rings. The number of nitrogens with one attached hydrogen (secondary N) is 1. The first-order chi connectivity index (χ1) is 7.54. The van der Waals surface area contributed by atoms with Crippen LogP contribution in [-0.4, -0.2) is 59.8 Å². The molecule has 0 fully saturated rings. The molecule has 0 spiro atoms. The Morgan fingerprint density at radius 3 is 2.81 bits per heavy atom. The summed E-state index contributed by atoms with van der Waals surface area (Å²) in [6.45, 7) is -0.688. The zero-order valence-electron chi connectivity index (χ0n) is 8.47. The van der Waals surface area contributed by atoms with Crippen molar-refractivity contribution in [1.29, 1.82) is 0 Å². The number of amides is 2. The lowest BCUT2D eigenvalue weighted by Crippen LogP contribution is -2.43. The van der Waals surface area contributed by atoms with E-state index in [1.807, 2.05) is 0 Å². The maximum absolute atomic E-state index is 11.2. The Hall–Kier alpha value is -1.96. The third-order valence-corrected chi connectivity index (χ3v) is 1.93. The minimum atomic E-state index is -1.13. The summed E-state index contributed by atoms with van der Waals surface area (Å²) in [7, 11) is 0. The molecule has 0 atom stereocenters. The average Bonchev–Trinajstić information content (AvgIpc) is 2.56. The number of aliphatic imine (C=N–C) groups is 1. The van der Waals surface area contributed by atoms with Crippen LogP contribution in [0.2, 0.25) is 0 Å². The number of rotatable bonds is 5. The SMILES string of the molecule is NCC(=O)NCC1=NCC(=O)N1CC(=O)O. The van der Waals surface area contributed by atoms with Crippen LogP contribution in [0, 0.1) is 0 Å². The number of hydrogen-bond acceptors (Lipinski definition) is 5. The Morgan fingerprint density at radius 2 is 2.25 bits per heavy atom. The van der Waals surface area contributed by atoms with Crippen molar-refractivity contribution >= 4 is 23.6 Å². The largest absolute Gasteiger partial charge is 0.480 e. The first kappa shape index (κ1) is 12.1. The van der Waals surface area contributed by atoms with Crippen molar-refractivity contribution in [2.24, 2.45) is 10.7 Å². The van der Waals surface area contributed by atoms with Gasteiger partial charge in [-0.25, -0.2) is 0 Å². The summed E-state index contributed by atoms with van der Waals surface area (Å²) in [6, 6.07) is 0. The Kier molecular flexibility index (Phi) is 3.95. The molecule has 0 bridgehead atoms. The fourth-order valence-corrected chi connectivity index (χ4v) is 1.19. The van der Waals surface area contributed by atoms with Crippen molar-refractivity contribution in [3.63, 3.8) is 0 Å². The standard InChI is InChI=1S/C8H12N4O4/c9-1-6(13)11-2-5-10-3-7(14)12(5)4-8(15)16/h1-4,9H2,(H,11,13)(H,15,16). The highest BCUT2D eigenvalue weighted by Crippen LogP contribution is 2.02. The van der Waals surface area contributed by atoms with Gasteiger partial charge in [-0.3, -0.25) is 24.3 Å². The molecule has 0 aliphatic carbocycles. The molecule has 0 aromatic carbocycles. The first-order valence-corrected chi connectivity index (χ1v) is 4.57. The Bertz CT molecular complexity index is 352. The van der Waals surface area contributed by atoms with Gasteiger partial charge >= 0.3 is 5.97 Å². The van der Waals surface area contributed by atoms with Gasteiger partial charge in [0.2, 0.25) is 11.8 Å². The van der Waals surface area contributed by atoms with E-state index in [4.69, 9.17) is 10.8 Å². The first-order valence-electron chi connectivity index (χ1n) is 4.57. The van der Waals surface area contributed by atoms with E-state index in [1.54, 1.807) is 0 Å². The normalized spacial score (nSPS) is 14.9. The lowest BCUT2D eigenvalue weighted by atomic mass is 10.4. The van der Waals surface area contributed by atoms with Gasteiger partial charge < -0.3 is 16.2 Å². The number of carboxylic acid groups (broad SMARTS) is 1. The summed E-state index contributed by atoms with van der Waals surface area (Å²) in [5, 5.41) is 11.0. The highest BCUT2D eigenvalue weighted by molar-refractivity contribution is 6.07. The van der Waals surface area contributed by atoms with Crippen LogP contribution in [0.1, 0.15) is 0 Å². The van der Waals surface area contributed by atoms with E-state index >= 15 is 0 Å². The second kappa shape index (κ2) is 5.21. The van der Waals surface area contributed by atoms with Gasteiger partial charge in [0.05, 0.1) is 13.1 Å². The summed E-state index contributed by atoms with van der Waals surface area (Å²) in [6.07, 6.45) is 0. The molecule has 1 aliphatic heterocycles. The zero-order valence-corrected chi connectivity index (χ0v) is 8.47. The van der Waals surface area contributed by atoms with Crippen LogP contribution in [0.3, 0.4) is 0 Å². The Labute approximate surface area is 91.1 Å². The monoisotopic (exact) mass is 228 g/mol. The van der Waals surface area contributed by atoms with Gasteiger partial charge in [0, 0.05) is 0 Å². The number of carbonyl (C=O) groups is 3. The van der Waals surface area contributed by atoms with Crippen molar-refractivity contribution in [2.75, 3.05) is 26.2 Å². The van der Waals surface area contributed by atoms with Crippen LogP contribution in [0.15, 0.2) is 4.99 Å². The fraction of sp³-hybridized carbons (Fsp3) is 0.500. The fourth-order valence-electron chi connectivity index (χ4n) is 1.19. The summed E-state index contributed by atoms with van der Waals surface area (Å²) in [5.74, 6) is -1.67. The molecule has 0 radical (unpaired) electrons. The van der Waals surface area contributed by atoms with Crippen molar-refractivity contribution < 1.29 is 19.5 Å². The van der Waals surface area contributed by atoms with Crippen LogP contribution in [0.5, 0.6) is 0 Å². The lowest BCUT2D eigenvalue weighted by Gasteiger charge is -2.16. The van der Waals surface area contributed by atoms with E-state index in [1.165, 1.54) is 0 Å². The van der Waals surface area contributed by atoms with Gasteiger partial charge in [-0.1, -0.05) is 0 Å². The molecule has 1 rings (SSSR count). The maximum Gasteiger partial charge on any atom is 0.323 e. The van der Waals surface area contributed by atoms with Gasteiger partial charge in [-0.05, 0) is 0 Å². The minimum Gasteiger partial charge on any atom is -0.480 e. The minimum absolute atomic E-state index is 0.00898. The van der Waals surface area contributed by atoms with Crippen molar-refractivity contribution in [3.05, 3.63) is 0 Å². The maximum atomic E-state index is 11.2. The molecule has 0 saturated heterocycles. The van der Waals surface area contributed by atoms with Crippen LogP contribution < -0.4 is 11.1 Å². The molecule has 0 aromatic rings. The Morgan fingerprint density at radius 1 is 1.56 bits per heavy atom. The highest BCUT2D eigenvalue weighted by atomic mass is 16.4. The molecule has 1 heterocycles. The molecule has 88 valence electrons. The molecule has 16 heavy (non-hydrogen) atoms. The molecule has 0 unspecified atom stereocenters. The van der Waals surface area contributed by atoms with Crippen LogP contribution in [-0.2, 0) is 14.4 Å². The molecule has 8 nitrogen and oxygen atoms in total. The average molecular weight is 228 g/mol. The summed E-state index contributed by atoms with van der Waals surface area (Å²) in [5.41, 5.74) is 5.07. The Balaban J connectivity index is 2.54. The summed E-state index contributed by atoms with van der Waals surface area (Å²) >= 11 is 0. The highest BCUT2D eigenvalue weighted by Gasteiger charge is 2.26. The molecule has 0 aromatic heterocycles. The third kappa shape index (κ3) is 3.02. The summed E-state index contributed by atoms with van der Waals surface area (Å²) < 4.78 is 0. The quantitative estimate of drug-likeness (QED) is 0.475. The number of amidine groups is 1. The number of nitrogens with zero attached hydrogens (tertiary/aromatic N) is 2. The number of carbonyl (C=O) groups excluding carboxylic acids is 2. The summed E-state index contributed by atoms with van der Waals surface area (Å²) in [4.78, 5) is 37.5. The van der Waals surface area contributed by atoms with Crippen molar-refractivity contribution in [3.8, 4) is 0 Å². The zero-order chi connectivity index (χ0) is 12.1. The van der Waals surface area contributed by atoms with E-state index in [0.717, 1.165) is 4.90 Å². The van der Waals surface area contributed by atoms with Crippen molar-refractivity contribution in [2.45, 2.75) is 0 Å². The van der Waals surface area contributed by atoms with Gasteiger partial charge in [0.1, 0.15) is 18.9 Å². The van der Waals surface area contributed by atoms with E-state index in [-0.39, 0.29) is 31.4 Å². The third-order valence-electron chi connectivity index (χ3n) is 1.93. The van der Waals surface area contributed by atoms with Gasteiger partial charge in [-0.15, -0.1) is 0 Å². The van der Waals surface area contributed by atoms with Gasteiger partial charge in [0.25, 0.3) is 0 Å². The number of carboxylic acids is 1. The van der Waals surface area contributed by atoms with Gasteiger partial charge in [-0.2, -0.15) is 0 Å². The predicted octanol–water partition coefficient (Wildman–Crippen LogP) is -2.61.